The highest BCUT2D eigenvalue weighted by Gasteiger charge is 2.19. The van der Waals surface area contributed by atoms with Gasteiger partial charge in [0.1, 0.15) is 13.2 Å². The molecule has 344 valence electrons. The summed E-state index contributed by atoms with van der Waals surface area (Å²) in [4.78, 5) is 37.9. The number of esters is 3. The first-order valence-corrected chi connectivity index (χ1v) is 25.9. The second-order valence-corrected chi connectivity index (χ2v) is 18.1. The Labute approximate surface area is 361 Å². The Morgan fingerprint density at radius 2 is 0.603 bits per heavy atom. The fourth-order valence-electron chi connectivity index (χ4n) is 7.83. The molecule has 0 bridgehead atoms. The fourth-order valence-corrected chi connectivity index (χ4v) is 7.83. The zero-order valence-electron chi connectivity index (χ0n) is 39.5. The average molecular weight is 821 g/mol. The van der Waals surface area contributed by atoms with Crippen LogP contribution in [0.15, 0.2) is 0 Å². The molecule has 0 radical (unpaired) electrons. The van der Waals surface area contributed by atoms with E-state index >= 15 is 0 Å². The van der Waals surface area contributed by atoms with Crippen LogP contribution in [0.3, 0.4) is 0 Å². The zero-order valence-corrected chi connectivity index (χ0v) is 39.5. The molecule has 1 unspecified atom stereocenters. The van der Waals surface area contributed by atoms with Crippen molar-refractivity contribution in [3.8, 4) is 0 Å². The summed E-state index contributed by atoms with van der Waals surface area (Å²) in [5, 5.41) is 0. The van der Waals surface area contributed by atoms with Crippen molar-refractivity contribution in [1.29, 1.82) is 0 Å². The van der Waals surface area contributed by atoms with Crippen molar-refractivity contribution in [2.45, 2.75) is 297 Å². The van der Waals surface area contributed by atoms with Gasteiger partial charge in [0.25, 0.3) is 0 Å². The smallest absolute Gasteiger partial charge is 0.306 e. The number of hydrogen-bond acceptors (Lipinski definition) is 6. The molecule has 6 heteroatoms. The third kappa shape index (κ3) is 44.0. The first kappa shape index (κ1) is 56.4. The Kier molecular flexibility index (Phi) is 45.2. The quantitative estimate of drug-likeness (QED) is 0.0346. The van der Waals surface area contributed by atoms with Crippen LogP contribution in [0, 0.1) is 5.92 Å². The van der Waals surface area contributed by atoms with Crippen LogP contribution in [0.1, 0.15) is 291 Å². The maximum absolute atomic E-state index is 12.8. The molecule has 0 fully saturated rings. The molecular weight excluding hydrogens is 721 g/mol. The molecular formula is C52H100O6. The molecule has 0 saturated heterocycles. The van der Waals surface area contributed by atoms with Crippen LogP contribution in [0.5, 0.6) is 0 Å². The van der Waals surface area contributed by atoms with Gasteiger partial charge in [-0.1, -0.05) is 252 Å². The van der Waals surface area contributed by atoms with Crippen LogP contribution in [0.2, 0.25) is 0 Å². The van der Waals surface area contributed by atoms with Crippen LogP contribution in [0.25, 0.3) is 0 Å². The molecule has 0 aliphatic heterocycles. The van der Waals surface area contributed by atoms with Gasteiger partial charge in [-0.05, 0) is 25.2 Å². The van der Waals surface area contributed by atoms with Gasteiger partial charge >= 0.3 is 17.9 Å². The normalized spacial score (nSPS) is 12.4. The van der Waals surface area contributed by atoms with E-state index in [0.717, 1.165) is 63.7 Å². The highest BCUT2D eigenvalue weighted by atomic mass is 16.6. The van der Waals surface area contributed by atoms with Crippen LogP contribution in [-0.4, -0.2) is 37.2 Å². The van der Waals surface area contributed by atoms with E-state index in [9.17, 15) is 14.4 Å². The van der Waals surface area contributed by atoms with Crippen molar-refractivity contribution < 1.29 is 28.6 Å². The molecule has 0 aliphatic carbocycles. The molecule has 0 aromatic heterocycles. The molecule has 0 spiro atoms. The third-order valence-corrected chi connectivity index (χ3v) is 12.2. The van der Waals surface area contributed by atoms with E-state index in [4.69, 9.17) is 14.2 Å². The van der Waals surface area contributed by atoms with Crippen molar-refractivity contribution in [3.63, 3.8) is 0 Å². The van der Waals surface area contributed by atoms with E-state index in [-0.39, 0.29) is 31.1 Å². The van der Waals surface area contributed by atoms with Crippen molar-refractivity contribution in [2.24, 2.45) is 5.92 Å². The van der Waals surface area contributed by atoms with E-state index < -0.39 is 6.10 Å². The molecule has 0 saturated carbocycles. The van der Waals surface area contributed by atoms with Crippen molar-refractivity contribution in [3.05, 3.63) is 0 Å². The van der Waals surface area contributed by atoms with Crippen molar-refractivity contribution >= 4 is 17.9 Å². The van der Waals surface area contributed by atoms with Gasteiger partial charge in [0.05, 0.1) is 0 Å². The highest BCUT2D eigenvalue weighted by molar-refractivity contribution is 5.71. The van der Waals surface area contributed by atoms with Gasteiger partial charge in [-0.15, -0.1) is 0 Å². The molecule has 0 aromatic carbocycles. The maximum atomic E-state index is 12.8. The van der Waals surface area contributed by atoms with E-state index in [0.29, 0.717) is 19.3 Å². The summed E-state index contributed by atoms with van der Waals surface area (Å²) >= 11 is 0. The van der Waals surface area contributed by atoms with Gasteiger partial charge in [0.15, 0.2) is 6.10 Å². The monoisotopic (exact) mass is 821 g/mol. The SMILES string of the molecule is CCCCCCCCCCCCCCCCCCCCC(=O)OC[C@H](COC(=O)CCCCCCCCCCCC)OC(=O)CCCCCCCCCCC(C)CC. The number of carbonyl (C=O) groups is 3. The number of unbranched alkanes of at least 4 members (excludes halogenated alkanes) is 33. The van der Waals surface area contributed by atoms with E-state index in [1.165, 1.54) is 186 Å². The molecule has 0 aliphatic rings. The Hall–Kier alpha value is -1.59. The Morgan fingerprint density at radius 1 is 0.345 bits per heavy atom. The van der Waals surface area contributed by atoms with Crippen LogP contribution < -0.4 is 0 Å². The summed E-state index contributed by atoms with van der Waals surface area (Å²) < 4.78 is 16.8. The first-order valence-electron chi connectivity index (χ1n) is 25.9. The fraction of sp³-hybridized carbons (Fsp3) is 0.942. The Morgan fingerprint density at radius 3 is 0.897 bits per heavy atom. The molecule has 0 aromatic rings. The van der Waals surface area contributed by atoms with Gasteiger partial charge in [-0.25, -0.2) is 0 Å². The first-order chi connectivity index (χ1) is 28.4. The number of ether oxygens (including phenoxy) is 3. The van der Waals surface area contributed by atoms with Crippen molar-refractivity contribution in [2.75, 3.05) is 13.2 Å². The number of hydrogen-bond donors (Lipinski definition) is 0. The Balaban J connectivity index is 4.25. The lowest BCUT2D eigenvalue weighted by Crippen LogP contribution is -2.30. The minimum absolute atomic E-state index is 0.0633. The standard InChI is InChI=1S/C52H100O6/c1-5-8-10-12-14-16-18-19-20-21-22-23-24-25-27-32-36-40-44-51(54)57-47-49(46-56-50(53)43-39-35-31-26-17-15-13-11-9-6-2)58-52(55)45-41-37-33-29-28-30-34-38-42-48(4)7-3/h48-49H,5-47H2,1-4H3/t48?,49-/m0/s1. The summed E-state index contributed by atoms with van der Waals surface area (Å²) in [6, 6.07) is 0. The van der Waals surface area contributed by atoms with Gasteiger partial charge in [-0.3, -0.25) is 14.4 Å². The third-order valence-electron chi connectivity index (χ3n) is 12.2. The summed E-state index contributed by atoms with van der Waals surface area (Å²) in [5.41, 5.74) is 0. The van der Waals surface area contributed by atoms with Gasteiger partial charge in [0.2, 0.25) is 0 Å². The van der Waals surface area contributed by atoms with Crippen LogP contribution in [0.4, 0.5) is 0 Å². The lowest BCUT2D eigenvalue weighted by Gasteiger charge is -2.18. The van der Waals surface area contributed by atoms with Crippen LogP contribution >= 0.6 is 0 Å². The summed E-state index contributed by atoms with van der Waals surface area (Å²) in [6.45, 7) is 9.02. The van der Waals surface area contributed by atoms with Gasteiger partial charge in [-0.2, -0.15) is 0 Å². The largest absolute Gasteiger partial charge is 0.462 e. The number of rotatable bonds is 47. The predicted octanol–water partition coefficient (Wildman–Crippen LogP) is 16.7. The van der Waals surface area contributed by atoms with Gasteiger partial charge in [0, 0.05) is 19.3 Å². The Bertz CT molecular complexity index is 874. The lowest BCUT2D eigenvalue weighted by atomic mass is 9.99. The maximum Gasteiger partial charge on any atom is 0.306 e. The molecule has 0 amide bonds. The van der Waals surface area contributed by atoms with Gasteiger partial charge < -0.3 is 14.2 Å². The highest BCUT2D eigenvalue weighted by Crippen LogP contribution is 2.17. The van der Waals surface area contributed by atoms with Crippen LogP contribution in [-0.2, 0) is 28.6 Å². The minimum Gasteiger partial charge on any atom is -0.462 e. The lowest BCUT2D eigenvalue weighted by molar-refractivity contribution is -0.167. The van der Waals surface area contributed by atoms with E-state index in [1.807, 2.05) is 0 Å². The molecule has 0 N–H and O–H groups in total. The van der Waals surface area contributed by atoms with Crippen molar-refractivity contribution in [1.82, 2.24) is 0 Å². The summed E-state index contributed by atoms with van der Waals surface area (Å²) in [5.74, 6) is -0.00352. The van der Waals surface area contributed by atoms with E-state index in [1.54, 1.807) is 0 Å². The second kappa shape index (κ2) is 46.5. The number of carbonyl (C=O) groups excluding carboxylic acids is 3. The second-order valence-electron chi connectivity index (χ2n) is 18.1. The van der Waals surface area contributed by atoms with E-state index in [2.05, 4.69) is 27.7 Å². The summed E-state index contributed by atoms with van der Waals surface area (Å²) in [7, 11) is 0. The zero-order chi connectivity index (χ0) is 42.4. The minimum atomic E-state index is -0.760. The molecule has 2 atom stereocenters. The predicted molar refractivity (Wildman–Crippen MR) is 247 cm³/mol. The molecule has 0 rings (SSSR count). The molecule has 6 nitrogen and oxygen atoms in total. The summed E-state index contributed by atoms with van der Waals surface area (Å²) in [6.07, 6.45) is 48.0. The average Bonchev–Trinajstić information content (AvgIpc) is 3.22. The molecule has 58 heavy (non-hydrogen) atoms. The molecule has 0 heterocycles. The topological polar surface area (TPSA) is 78.9 Å².